The van der Waals surface area contributed by atoms with Crippen LogP contribution in [0.1, 0.15) is 31.4 Å². The summed E-state index contributed by atoms with van der Waals surface area (Å²) in [6, 6.07) is 7.96. The van der Waals surface area contributed by atoms with Gasteiger partial charge in [-0.1, -0.05) is 31.5 Å². The van der Waals surface area contributed by atoms with Crippen molar-refractivity contribution in [3.05, 3.63) is 29.8 Å². The third-order valence-corrected chi connectivity index (χ3v) is 2.95. The molecule has 4 heteroatoms. The molecular weight excluding hydrogens is 230 g/mol. The second-order valence-electron chi connectivity index (χ2n) is 4.36. The fourth-order valence-corrected chi connectivity index (χ4v) is 1.92. The number of nitrogens with one attached hydrogen (secondary N) is 1. The molecule has 0 aromatic heterocycles. The summed E-state index contributed by atoms with van der Waals surface area (Å²) in [5.74, 6) is 0.696. The Labute approximate surface area is 107 Å². The third kappa shape index (κ3) is 3.23. The summed E-state index contributed by atoms with van der Waals surface area (Å²) < 4.78 is 10.6. The van der Waals surface area contributed by atoms with Gasteiger partial charge in [0.15, 0.2) is 0 Å². The first kappa shape index (κ1) is 12.9. The van der Waals surface area contributed by atoms with E-state index in [0.29, 0.717) is 13.2 Å². The van der Waals surface area contributed by atoms with Gasteiger partial charge in [0.2, 0.25) is 0 Å². The number of ether oxygens (including phenoxy) is 2. The number of fused-ring (bicyclic) bond motifs is 1. The van der Waals surface area contributed by atoms with Gasteiger partial charge >= 0.3 is 5.97 Å². The number of hydrogen-bond acceptors (Lipinski definition) is 4. The van der Waals surface area contributed by atoms with Crippen LogP contribution in [0.3, 0.4) is 0 Å². The Hall–Kier alpha value is -1.55. The Morgan fingerprint density at radius 1 is 1.50 bits per heavy atom. The highest BCUT2D eigenvalue weighted by Gasteiger charge is 2.23. The molecule has 98 valence electrons. The minimum absolute atomic E-state index is 0.0833. The van der Waals surface area contributed by atoms with E-state index in [1.807, 2.05) is 24.3 Å². The zero-order chi connectivity index (χ0) is 12.8. The predicted molar refractivity (Wildman–Crippen MR) is 68.5 cm³/mol. The fourth-order valence-electron chi connectivity index (χ4n) is 1.92. The average molecular weight is 249 g/mol. The lowest BCUT2D eigenvalue weighted by Gasteiger charge is -2.11. The molecule has 4 nitrogen and oxygen atoms in total. The summed E-state index contributed by atoms with van der Waals surface area (Å²) >= 11 is 0. The molecular formula is C14H19NO3. The maximum Gasteiger partial charge on any atom is 0.319 e. The summed E-state index contributed by atoms with van der Waals surface area (Å²) in [7, 11) is 0. The number of benzene rings is 1. The van der Waals surface area contributed by atoms with Gasteiger partial charge in [0.25, 0.3) is 0 Å². The average Bonchev–Trinajstić information content (AvgIpc) is 2.80. The summed E-state index contributed by atoms with van der Waals surface area (Å²) in [5, 5.41) is 3.16. The van der Waals surface area contributed by atoms with Crippen LogP contribution >= 0.6 is 0 Å². The molecule has 2 rings (SSSR count). The van der Waals surface area contributed by atoms with Crippen molar-refractivity contribution in [2.45, 2.75) is 25.8 Å². The van der Waals surface area contributed by atoms with E-state index in [2.05, 4.69) is 12.2 Å². The smallest absolute Gasteiger partial charge is 0.319 e. The van der Waals surface area contributed by atoms with Gasteiger partial charge in [-0.15, -0.1) is 0 Å². The van der Waals surface area contributed by atoms with E-state index < -0.39 is 0 Å². The topological polar surface area (TPSA) is 47.6 Å². The van der Waals surface area contributed by atoms with Crippen LogP contribution in [0.4, 0.5) is 0 Å². The minimum atomic E-state index is -0.201. The second-order valence-corrected chi connectivity index (χ2v) is 4.36. The van der Waals surface area contributed by atoms with E-state index in [9.17, 15) is 4.79 Å². The lowest BCUT2D eigenvalue weighted by molar-refractivity contribution is -0.142. The SMILES string of the molecule is CCCCOC(=O)CNC1COc2ccccc21. The first-order valence-electron chi connectivity index (χ1n) is 6.42. The molecule has 1 aliphatic rings. The molecule has 0 amide bonds. The van der Waals surface area contributed by atoms with Crippen LogP contribution in [-0.4, -0.2) is 25.7 Å². The Balaban J connectivity index is 1.77. The van der Waals surface area contributed by atoms with Gasteiger partial charge in [-0.05, 0) is 12.5 Å². The van der Waals surface area contributed by atoms with Gasteiger partial charge in [-0.25, -0.2) is 0 Å². The van der Waals surface area contributed by atoms with E-state index in [-0.39, 0.29) is 18.6 Å². The maximum atomic E-state index is 11.5. The van der Waals surface area contributed by atoms with Crippen LogP contribution < -0.4 is 10.1 Å². The van der Waals surface area contributed by atoms with Crippen LogP contribution in [0.2, 0.25) is 0 Å². The van der Waals surface area contributed by atoms with Crippen LogP contribution in [0.15, 0.2) is 24.3 Å². The first-order chi connectivity index (χ1) is 8.81. The molecule has 1 atom stereocenters. The van der Waals surface area contributed by atoms with Crippen LogP contribution in [-0.2, 0) is 9.53 Å². The van der Waals surface area contributed by atoms with Crippen molar-refractivity contribution in [3.8, 4) is 5.75 Å². The number of para-hydroxylation sites is 1. The lowest BCUT2D eigenvalue weighted by Crippen LogP contribution is -2.29. The normalized spacial score (nSPS) is 17.1. The Kier molecular flexibility index (Phi) is 4.59. The molecule has 1 aliphatic heterocycles. The zero-order valence-electron chi connectivity index (χ0n) is 10.6. The molecule has 0 saturated heterocycles. The molecule has 1 heterocycles. The summed E-state index contributed by atoms with van der Waals surface area (Å²) in [6.45, 7) is 3.38. The minimum Gasteiger partial charge on any atom is -0.491 e. The summed E-state index contributed by atoms with van der Waals surface area (Å²) in [5.41, 5.74) is 1.11. The number of rotatable bonds is 6. The number of esters is 1. The second kappa shape index (κ2) is 6.40. The molecule has 0 bridgehead atoms. The van der Waals surface area contributed by atoms with Crippen molar-refractivity contribution in [1.82, 2.24) is 5.32 Å². The Morgan fingerprint density at radius 3 is 3.17 bits per heavy atom. The van der Waals surface area contributed by atoms with E-state index in [1.54, 1.807) is 0 Å². The molecule has 1 unspecified atom stereocenters. The van der Waals surface area contributed by atoms with Gasteiger partial charge in [0, 0.05) is 5.56 Å². The van der Waals surface area contributed by atoms with Crippen molar-refractivity contribution in [2.75, 3.05) is 19.8 Å². The zero-order valence-corrected chi connectivity index (χ0v) is 10.6. The van der Waals surface area contributed by atoms with Crippen LogP contribution in [0.5, 0.6) is 5.75 Å². The Morgan fingerprint density at radius 2 is 2.33 bits per heavy atom. The van der Waals surface area contributed by atoms with Crippen molar-refractivity contribution in [1.29, 1.82) is 0 Å². The maximum absolute atomic E-state index is 11.5. The van der Waals surface area contributed by atoms with Crippen molar-refractivity contribution in [2.24, 2.45) is 0 Å². The Bertz CT molecular complexity index is 406. The molecule has 0 saturated carbocycles. The lowest BCUT2D eigenvalue weighted by atomic mass is 10.1. The fraction of sp³-hybridized carbons (Fsp3) is 0.500. The van der Waals surface area contributed by atoms with Crippen LogP contribution in [0.25, 0.3) is 0 Å². The standard InChI is InChI=1S/C14H19NO3/c1-2-3-8-17-14(16)9-15-12-10-18-13-7-5-4-6-11(12)13/h4-7,12,15H,2-3,8-10H2,1H3. The quantitative estimate of drug-likeness (QED) is 0.619. The number of carbonyl (C=O) groups excluding carboxylic acids is 1. The van der Waals surface area contributed by atoms with Crippen molar-refractivity contribution < 1.29 is 14.3 Å². The van der Waals surface area contributed by atoms with E-state index >= 15 is 0 Å². The van der Waals surface area contributed by atoms with Gasteiger partial charge < -0.3 is 9.47 Å². The van der Waals surface area contributed by atoms with E-state index in [4.69, 9.17) is 9.47 Å². The third-order valence-electron chi connectivity index (χ3n) is 2.95. The monoisotopic (exact) mass is 249 g/mol. The molecule has 1 N–H and O–H groups in total. The largest absolute Gasteiger partial charge is 0.491 e. The number of carbonyl (C=O) groups is 1. The molecule has 0 radical (unpaired) electrons. The van der Waals surface area contributed by atoms with E-state index in [1.165, 1.54) is 0 Å². The number of unbranched alkanes of at least 4 members (excludes halogenated alkanes) is 1. The molecule has 0 aliphatic carbocycles. The van der Waals surface area contributed by atoms with Crippen LogP contribution in [0, 0.1) is 0 Å². The highest BCUT2D eigenvalue weighted by molar-refractivity contribution is 5.71. The van der Waals surface area contributed by atoms with Gasteiger partial charge in [-0.3, -0.25) is 10.1 Å². The van der Waals surface area contributed by atoms with Crippen molar-refractivity contribution >= 4 is 5.97 Å². The number of hydrogen-bond donors (Lipinski definition) is 1. The molecule has 1 aromatic carbocycles. The van der Waals surface area contributed by atoms with Gasteiger partial charge in [0.1, 0.15) is 12.4 Å². The van der Waals surface area contributed by atoms with Gasteiger partial charge in [0.05, 0.1) is 19.2 Å². The summed E-state index contributed by atoms with van der Waals surface area (Å²) in [4.78, 5) is 11.5. The summed E-state index contributed by atoms with van der Waals surface area (Å²) in [6.07, 6.45) is 1.95. The molecule has 18 heavy (non-hydrogen) atoms. The first-order valence-corrected chi connectivity index (χ1v) is 6.42. The predicted octanol–water partition coefficient (Wildman–Crippen LogP) is 2.05. The molecule has 1 aromatic rings. The molecule has 0 spiro atoms. The highest BCUT2D eigenvalue weighted by Crippen LogP contribution is 2.31. The highest BCUT2D eigenvalue weighted by atomic mass is 16.5. The van der Waals surface area contributed by atoms with E-state index in [0.717, 1.165) is 24.2 Å². The van der Waals surface area contributed by atoms with Gasteiger partial charge in [-0.2, -0.15) is 0 Å². The molecule has 0 fully saturated rings. The van der Waals surface area contributed by atoms with Crippen molar-refractivity contribution in [3.63, 3.8) is 0 Å².